The molecule has 0 amide bonds. The van der Waals surface area contributed by atoms with Gasteiger partial charge < -0.3 is 14.7 Å². The molecule has 6 heteroatoms. The van der Waals surface area contributed by atoms with Gasteiger partial charge in [-0.05, 0) is 18.2 Å². The highest BCUT2D eigenvalue weighted by atomic mass is 32.1. The third-order valence-electron chi connectivity index (χ3n) is 2.14. The van der Waals surface area contributed by atoms with E-state index in [1.54, 1.807) is 18.2 Å². The maximum Gasteiger partial charge on any atom is 0.396 e. The number of benzene rings is 1. The van der Waals surface area contributed by atoms with Gasteiger partial charge in [0.2, 0.25) is 0 Å². The monoisotopic (exact) mass is 234 g/mol. The molecule has 0 spiro atoms. The summed E-state index contributed by atoms with van der Waals surface area (Å²) in [6.45, 7) is 0. The Labute approximate surface area is 93.1 Å². The lowest BCUT2D eigenvalue weighted by atomic mass is 10.2. The molecule has 0 saturated heterocycles. The van der Waals surface area contributed by atoms with Gasteiger partial charge in [0.1, 0.15) is 5.58 Å². The van der Waals surface area contributed by atoms with E-state index in [2.05, 4.69) is 5.16 Å². The summed E-state index contributed by atoms with van der Waals surface area (Å²) in [4.78, 5) is 10.7. The molecule has 16 heavy (non-hydrogen) atoms. The summed E-state index contributed by atoms with van der Waals surface area (Å²) < 4.78 is 10.8. The first-order valence-electron chi connectivity index (χ1n) is 4.48. The Morgan fingerprint density at radius 3 is 2.94 bits per heavy atom. The molecule has 2 heterocycles. The number of hydrogen-bond donors (Lipinski definition) is 1. The quantitative estimate of drug-likeness (QED) is 0.697. The average Bonchev–Trinajstić information content (AvgIpc) is 2.81. The normalized spacial score (nSPS) is 11.0. The van der Waals surface area contributed by atoms with E-state index >= 15 is 0 Å². The minimum atomic E-state index is -0.316. The summed E-state index contributed by atoms with van der Waals surface area (Å²) in [7, 11) is 0. The molecule has 2 N–H and O–H groups in total. The van der Waals surface area contributed by atoms with E-state index in [1.165, 1.54) is 0 Å². The van der Waals surface area contributed by atoms with Crippen LogP contribution in [-0.4, -0.2) is 5.16 Å². The van der Waals surface area contributed by atoms with Gasteiger partial charge in [-0.2, -0.15) is 0 Å². The Kier molecular flexibility index (Phi) is 1.84. The molecule has 1 aromatic carbocycles. The van der Waals surface area contributed by atoms with Crippen molar-refractivity contribution in [3.63, 3.8) is 0 Å². The highest BCUT2D eigenvalue weighted by molar-refractivity contribution is 7.16. The molecule has 2 aromatic heterocycles. The van der Waals surface area contributed by atoms with Gasteiger partial charge in [-0.3, -0.25) is 0 Å². The van der Waals surface area contributed by atoms with Crippen LogP contribution in [0.5, 0.6) is 0 Å². The molecular formula is C10H6N2O3S. The lowest BCUT2D eigenvalue weighted by molar-refractivity contribution is 0.436. The summed E-state index contributed by atoms with van der Waals surface area (Å²) in [6.07, 6.45) is 0. The third-order valence-corrected chi connectivity index (χ3v) is 2.93. The van der Waals surface area contributed by atoms with Crippen molar-refractivity contribution >= 4 is 27.4 Å². The number of nitrogens with two attached hydrogens (primary N) is 1. The van der Waals surface area contributed by atoms with Crippen LogP contribution < -0.4 is 10.7 Å². The van der Waals surface area contributed by atoms with E-state index < -0.39 is 0 Å². The second kappa shape index (κ2) is 3.21. The summed E-state index contributed by atoms with van der Waals surface area (Å²) in [6, 6.07) is 6.95. The van der Waals surface area contributed by atoms with Crippen LogP contribution in [0, 0.1) is 0 Å². The van der Waals surface area contributed by atoms with E-state index in [-0.39, 0.29) is 4.94 Å². The smallest absolute Gasteiger partial charge is 0.396 e. The summed E-state index contributed by atoms with van der Waals surface area (Å²) >= 11 is 1.05. The first kappa shape index (κ1) is 9.17. The Hall–Kier alpha value is -2.08. The lowest BCUT2D eigenvalue weighted by Crippen LogP contribution is -1.79. The Morgan fingerprint density at radius 1 is 1.31 bits per heavy atom. The van der Waals surface area contributed by atoms with Gasteiger partial charge in [-0.25, -0.2) is 4.79 Å². The first-order chi connectivity index (χ1) is 7.72. The van der Waals surface area contributed by atoms with Crippen molar-refractivity contribution in [2.45, 2.75) is 0 Å². The van der Waals surface area contributed by atoms with Gasteiger partial charge in [-0.15, -0.1) is 0 Å². The minimum Gasteiger partial charge on any atom is -0.414 e. The van der Waals surface area contributed by atoms with Gasteiger partial charge in [0.25, 0.3) is 0 Å². The predicted molar refractivity (Wildman–Crippen MR) is 60.3 cm³/mol. The number of nitrogens with zero attached hydrogens (tertiary/aromatic N) is 1. The number of hydrogen-bond acceptors (Lipinski definition) is 6. The number of rotatable bonds is 1. The molecular weight excluding hydrogens is 228 g/mol. The van der Waals surface area contributed by atoms with E-state index in [0.717, 1.165) is 21.6 Å². The van der Waals surface area contributed by atoms with E-state index in [0.29, 0.717) is 17.2 Å². The second-order valence-corrected chi connectivity index (χ2v) is 4.21. The van der Waals surface area contributed by atoms with Crippen molar-refractivity contribution in [1.29, 1.82) is 0 Å². The SMILES string of the molecule is Nc1cc(-c2ccc3oc(=O)sc3c2)on1. The molecule has 0 atom stereocenters. The maximum absolute atomic E-state index is 11.0. The summed E-state index contributed by atoms with van der Waals surface area (Å²) in [5, 5.41) is 3.60. The van der Waals surface area contributed by atoms with Gasteiger partial charge in [0.15, 0.2) is 11.6 Å². The molecule has 3 aromatic rings. The minimum absolute atomic E-state index is 0.316. The molecule has 5 nitrogen and oxygen atoms in total. The summed E-state index contributed by atoms with van der Waals surface area (Å²) in [5.41, 5.74) is 6.85. The number of anilines is 1. The highest BCUT2D eigenvalue weighted by Crippen LogP contribution is 2.26. The zero-order chi connectivity index (χ0) is 11.1. The first-order valence-corrected chi connectivity index (χ1v) is 5.30. The van der Waals surface area contributed by atoms with E-state index in [1.807, 2.05) is 6.07 Å². The van der Waals surface area contributed by atoms with Crippen LogP contribution in [0.4, 0.5) is 5.82 Å². The highest BCUT2D eigenvalue weighted by Gasteiger charge is 2.08. The van der Waals surface area contributed by atoms with Crippen molar-refractivity contribution in [1.82, 2.24) is 5.16 Å². The van der Waals surface area contributed by atoms with Gasteiger partial charge in [0.05, 0.1) is 4.70 Å². The van der Waals surface area contributed by atoms with Gasteiger partial charge in [-0.1, -0.05) is 16.5 Å². The van der Waals surface area contributed by atoms with Crippen LogP contribution in [0.2, 0.25) is 0 Å². The van der Waals surface area contributed by atoms with Crippen LogP contribution in [0.25, 0.3) is 21.6 Å². The molecule has 0 saturated carbocycles. The van der Waals surface area contributed by atoms with Crippen LogP contribution in [0.15, 0.2) is 38.0 Å². The molecule has 3 rings (SSSR count). The molecule has 0 aliphatic rings. The number of nitrogen functional groups attached to an aromatic ring is 1. The van der Waals surface area contributed by atoms with Crippen molar-refractivity contribution in [3.05, 3.63) is 34.0 Å². The van der Waals surface area contributed by atoms with Crippen molar-refractivity contribution in [2.75, 3.05) is 5.73 Å². The average molecular weight is 234 g/mol. The fraction of sp³-hybridized carbons (Fsp3) is 0. The van der Waals surface area contributed by atoms with Crippen LogP contribution in [-0.2, 0) is 0 Å². The van der Waals surface area contributed by atoms with Crippen molar-refractivity contribution in [3.8, 4) is 11.3 Å². The lowest BCUT2D eigenvalue weighted by Gasteiger charge is -1.93. The topological polar surface area (TPSA) is 82.3 Å². The van der Waals surface area contributed by atoms with E-state index in [9.17, 15) is 4.79 Å². The largest absolute Gasteiger partial charge is 0.414 e. The zero-order valence-corrected chi connectivity index (χ0v) is 8.78. The maximum atomic E-state index is 11.0. The van der Waals surface area contributed by atoms with Gasteiger partial charge >= 0.3 is 4.94 Å². The Balaban J connectivity index is 2.21. The molecule has 0 aliphatic heterocycles. The fourth-order valence-corrected chi connectivity index (χ4v) is 2.16. The molecule has 0 fully saturated rings. The van der Waals surface area contributed by atoms with Gasteiger partial charge in [0, 0.05) is 11.6 Å². The second-order valence-electron chi connectivity index (χ2n) is 3.23. The number of aromatic nitrogens is 1. The standard InChI is InChI=1S/C10H6N2O3S/c11-9-4-7(15-12-9)5-1-2-6-8(3-5)16-10(13)14-6/h1-4H,(H2,11,12). The van der Waals surface area contributed by atoms with Crippen LogP contribution in [0.1, 0.15) is 0 Å². The molecule has 0 aliphatic carbocycles. The Morgan fingerprint density at radius 2 is 2.19 bits per heavy atom. The molecule has 0 unspecified atom stereocenters. The fourth-order valence-electron chi connectivity index (χ4n) is 1.45. The molecule has 0 bridgehead atoms. The molecule has 80 valence electrons. The van der Waals surface area contributed by atoms with Crippen LogP contribution >= 0.6 is 11.3 Å². The van der Waals surface area contributed by atoms with Crippen molar-refractivity contribution in [2.24, 2.45) is 0 Å². The van der Waals surface area contributed by atoms with Crippen LogP contribution in [0.3, 0.4) is 0 Å². The number of fused-ring (bicyclic) bond motifs is 1. The zero-order valence-electron chi connectivity index (χ0n) is 7.97. The predicted octanol–water partition coefficient (Wildman–Crippen LogP) is 2.09. The van der Waals surface area contributed by atoms with Crippen molar-refractivity contribution < 1.29 is 8.94 Å². The summed E-state index contributed by atoms with van der Waals surface area (Å²) in [5.74, 6) is 0.899. The third kappa shape index (κ3) is 1.40. The van der Waals surface area contributed by atoms with E-state index in [4.69, 9.17) is 14.7 Å². The molecule has 0 radical (unpaired) electrons. The Bertz CT molecular complexity index is 710.